The van der Waals surface area contributed by atoms with Gasteiger partial charge in [0.15, 0.2) is 0 Å². The monoisotopic (exact) mass is 718 g/mol. The van der Waals surface area contributed by atoms with Gasteiger partial charge in [-0.3, -0.25) is 0 Å². The number of furan rings is 1. The van der Waals surface area contributed by atoms with Gasteiger partial charge in [0.25, 0.3) is 0 Å². The predicted octanol–water partition coefficient (Wildman–Crippen LogP) is 9.34. The molecule has 7 aromatic rings. The predicted molar refractivity (Wildman–Crippen MR) is 161 cm³/mol. The third-order valence-corrected chi connectivity index (χ3v) is 7.73. The first-order valence-corrected chi connectivity index (χ1v) is 13.8. The minimum absolute atomic E-state index is 0. The van der Waals surface area contributed by atoms with E-state index in [0.717, 1.165) is 55.0 Å². The molecule has 4 aromatic heterocycles. The number of rotatable bonds is 3. The van der Waals surface area contributed by atoms with Gasteiger partial charge in [-0.15, -0.1) is 65.4 Å². The molecule has 3 aromatic carbocycles. The standard InChI is InChI=1S/C23H19N2OS.C11H8N.Ir/c1-12(2)17-10-19(24-11-13(17)3)15-6-5-7-16-21-20(26-22(15)16)9-8-18-23(21)27-14(4)25-18;1-2-6-10(7-3-1)11-8-4-5-9-12-11;/h5,7-12H,1-4H3;1-6,8-9H;/q2*-1;. The molecule has 6 heteroatoms. The minimum Gasteiger partial charge on any atom is -0.501 e. The summed E-state index contributed by atoms with van der Waals surface area (Å²) in [6.45, 7) is 8.57. The SMILES string of the molecule is Cc1nc2ccc3oc4c(-c5cc(C(C)C)c(C)cn5)[c-]ccc4c3c2s1.[Ir].[c-]1ccccc1-c1ccccn1. The van der Waals surface area contributed by atoms with E-state index in [1.807, 2.05) is 73.8 Å². The van der Waals surface area contributed by atoms with E-state index in [2.05, 4.69) is 60.0 Å². The summed E-state index contributed by atoms with van der Waals surface area (Å²) < 4.78 is 7.47. The Bertz CT molecular complexity index is 1870. The van der Waals surface area contributed by atoms with Crippen LogP contribution in [0.15, 0.2) is 89.6 Å². The number of benzene rings is 3. The van der Waals surface area contributed by atoms with Gasteiger partial charge < -0.3 is 14.4 Å². The average molecular weight is 718 g/mol. The van der Waals surface area contributed by atoms with Gasteiger partial charge in [-0.05, 0) is 60.5 Å². The maximum Gasteiger partial charge on any atom is 0.122 e. The molecular weight excluding hydrogens is 691 g/mol. The molecule has 1 radical (unpaired) electrons. The molecule has 0 amide bonds. The van der Waals surface area contributed by atoms with Crippen molar-refractivity contribution in [2.75, 3.05) is 0 Å². The van der Waals surface area contributed by atoms with Gasteiger partial charge in [-0.1, -0.05) is 43.0 Å². The first-order valence-electron chi connectivity index (χ1n) is 13.0. The van der Waals surface area contributed by atoms with Crippen LogP contribution in [0.1, 0.15) is 35.9 Å². The van der Waals surface area contributed by atoms with Crippen LogP contribution >= 0.6 is 11.3 Å². The topological polar surface area (TPSA) is 51.8 Å². The number of nitrogens with zero attached hydrogens (tertiary/aromatic N) is 3. The van der Waals surface area contributed by atoms with Crippen LogP contribution in [0.2, 0.25) is 0 Å². The first-order chi connectivity index (χ1) is 19.0. The number of aryl methyl sites for hydroxylation is 2. The maximum atomic E-state index is 6.29. The van der Waals surface area contributed by atoms with Crippen molar-refractivity contribution >= 4 is 43.5 Å². The van der Waals surface area contributed by atoms with Gasteiger partial charge >= 0.3 is 0 Å². The van der Waals surface area contributed by atoms with Crippen molar-refractivity contribution < 1.29 is 24.5 Å². The summed E-state index contributed by atoms with van der Waals surface area (Å²) >= 11 is 1.71. The molecule has 0 atom stereocenters. The average Bonchev–Trinajstić information content (AvgIpc) is 3.54. The minimum atomic E-state index is 0. The maximum absolute atomic E-state index is 6.29. The van der Waals surface area contributed by atoms with Crippen molar-refractivity contribution in [2.45, 2.75) is 33.6 Å². The summed E-state index contributed by atoms with van der Waals surface area (Å²) in [4.78, 5) is 13.5. The van der Waals surface area contributed by atoms with E-state index >= 15 is 0 Å². The molecule has 201 valence electrons. The molecule has 7 rings (SSSR count). The number of pyridine rings is 2. The van der Waals surface area contributed by atoms with E-state index < -0.39 is 0 Å². The van der Waals surface area contributed by atoms with E-state index in [1.165, 1.54) is 15.8 Å². The Labute approximate surface area is 251 Å². The molecule has 0 aliphatic rings. The van der Waals surface area contributed by atoms with Crippen molar-refractivity contribution in [1.82, 2.24) is 15.0 Å². The molecule has 0 spiro atoms. The zero-order valence-electron chi connectivity index (χ0n) is 22.7. The molecule has 0 fully saturated rings. The Morgan fingerprint density at radius 3 is 2.48 bits per heavy atom. The molecule has 0 unspecified atom stereocenters. The molecule has 0 aliphatic heterocycles. The van der Waals surface area contributed by atoms with E-state index in [1.54, 1.807) is 17.5 Å². The number of hydrogen-bond acceptors (Lipinski definition) is 5. The van der Waals surface area contributed by atoms with E-state index in [-0.39, 0.29) is 20.1 Å². The van der Waals surface area contributed by atoms with Gasteiger partial charge in [0.05, 0.1) is 20.8 Å². The van der Waals surface area contributed by atoms with Crippen molar-refractivity contribution in [3.63, 3.8) is 0 Å². The summed E-state index contributed by atoms with van der Waals surface area (Å²) in [7, 11) is 0. The fraction of sp³-hybridized carbons (Fsp3) is 0.147. The molecule has 4 heterocycles. The molecule has 0 saturated carbocycles. The molecule has 4 nitrogen and oxygen atoms in total. The fourth-order valence-electron chi connectivity index (χ4n) is 4.89. The van der Waals surface area contributed by atoms with E-state index in [0.29, 0.717) is 5.92 Å². The second-order valence-electron chi connectivity index (χ2n) is 9.79. The third kappa shape index (κ3) is 5.35. The Kier molecular flexibility index (Phi) is 8.22. The van der Waals surface area contributed by atoms with Crippen molar-refractivity contribution in [1.29, 1.82) is 0 Å². The van der Waals surface area contributed by atoms with Gasteiger partial charge in [0, 0.05) is 37.9 Å². The Hall–Kier alpha value is -3.70. The van der Waals surface area contributed by atoms with Gasteiger partial charge in [0.2, 0.25) is 0 Å². The molecule has 0 bridgehead atoms. The van der Waals surface area contributed by atoms with Crippen molar-refractivity contribution in [3.8, 4) is 22.5 Å². The third-order valence-electron chi connectivity index (χ3n) is 6.73. The van der Waals surface area contributed by atoms with Crippen LogP contribution in [-0.4, -0.2) is 15.0 Å². The van der Waals surface area contributed by atoms with Crippen molar-refractivity contribution in [3.05, 3.63) is 113 Å². The molecule has 0 N–H and O–H groups in total. The molecular formula is C34H27IrN3OS-2. The second-order valence-corrected chi connectivity index (χ2v) is 11.0. The second kappa shape index (κ2) is 11.8. The molecule has 0 saturated heterocycles. The number of aromatic nitrogens is 3. The molecule has 0 aliphatic carbocycles. The number of fused-ring (bicyclic) bond motifs is 5. The number of hydrogen-bond donors (Lipinski definition) is 0. The van der Waals surface area contributed by atoms with Crippen LogP contribution in [0, 0.1) is 26.0 Å². The summed E-state index contributed by atoms with van der Waals surface area (Å²) in [5, 5.41) is 3.30. The Morgan fingerprint density at radius 1 is 0.875 bits per heavy atom. The van der Waals surface area contributed by atoms with E-state index in [9.17, 15) is 0 Å². The summed E-state index contributed by atoms with van der Waals surface area (Å²) in [5.74, 6) is 0.446. The van der Waals surface area contributed by atoms with Crippen LogP contribution in [0.5, 0.6) is 0 Å². The molecule has 40 heavy (non-hydrogen) atoms. The Morgan fingerprint density at radius 2 is 1.73 bits per heavy atom. The normalized spacial score (nSPS) is 11.0. The van der Waals surface area contributed by atoms with Crippen molar-refractivity contribution in [2.24, 2.45) is 0 Å². The number of thiazole rings is 1. The van der Waals surface area contributed by atoms with Crippen LogP contribution in [0.3, 0.4) is 0 Å². The quantitative estimate of drug-likeness (QED) is 0.171. The van der Waals surface area contributed by atoms with Crippen LogP contribution in [0.4, 0.5) is 0 Å². The largest absolute Gasteiger partial charge is 0.501 e. The van der Waals surface area contributed by atoms with Gasteiger partial charge in [0.1, 0.15) is 5.58 Å². The Balaban J connectivity index is 0.000000209. The smallest absolute Gasteiger partial charge is 0.122 e. The summed E-state index contributed by atoms with van der Waals surface area (Å²) in [6, 6.07) is 30.4. The van der Waals surface area contributed by atoms with Crippen LogP contribution in [-0.2, 0) is 20.1 Å². The van der Waals surface area contributed by atoms with E-state index in [4.69, 9.17) is 4.42 Å². The van der Waals surface area contributed by atoms with Gasteiger partial charge in [-0.2, -0.15) is 0 Å². The van der Waals surface area contributed by atoms with Crippen LogP contribution in [0.25, 0.3) is 54.7 Å². The fourth-order valence-corrected chi connectivity index (χ4v) is 5.86. The summed E-state index contributed by atoms with van der Waals surface area (Å²) in [5.41, 5.74) is 9.11. The zero-order valence-corrected chi connectivity index (χ0v) is 25.9. The summed E-state index contributed by atoms with van der Waals surface area (Å²) in [6.07, 6.45) is 3.74. The first kappa shape index (κ1) is 27.9. The zero-order chi connectivity index (χ0) is 26.9. The van der Waals surface area contributed by atoms with Crippen LogP contribution < -0.4 is 0 Å². The van der Waals surface area contributed by atoms with Gasteiger partial charge in [-0.25, -0.2) is 4.98 Å².